The van der Waals surface area contributed by atoms with Crippen LogP contribution < -0.4 is 0 Å². The van der Waals surface area contributed by atoms with E-state index in [1.54, 1.807) is 6.20 Å². The zero-order valence-electron chi connectivity index (χ0n) is 10.1. The Kier molecular flexibility index (Phi) is 4.14. The molecule has 1 aromatic heterocycles. The molecule has 2 rings (SSSR count). The number of carbonyl (C=O) groups is 1. The molecule has 0 amide bonds. The molecule has 0 N–H and O–H groups in total. The lowest BCUT2D eigenvalue weighted by Crippen LogP contribution is -2.38. The van der Waals surface area contributed by atoms with Gasteiger partial charge in [0.2, 0.25) is 0 Å². The van der Waals surface area contributed by atoms with E-state index in [-0.39, 0.29) is 11.9 Å². The van der Waals surface area contributed by atoms with Gasteiger partial charge >= 0.3 is 5.97 Å². The zero-order valence-corrected chi connectivity index (χ0v) is 10.1. The molecule has 1 aliphatic heterocycles. The zero-order chi connectivity index (χ0) is 12.1. The Morgan fingerprint density at radius 3 is 3.29 bits per heavy atom. The highest BCUT2D eigenvalue weighted by Crippen LogP contribution is 2.19. The Balaban J connectivity index is 1.86. The molecule has 0 aromatic carbocycles. The van der Waals surface area contributed by atoms with Gasteiger partial charge in [-0.05, 0) is 26.3 Å². The number of hydrogen-bond donors (Lipinski definition) is 0. The molecule has 1 saturated heterocycles. The van der Waals surface area contributed by atoms with Gasteiger partial charge in [-0.3, -0.25) is 9.69 Å². The first kappa shape index (κ1) is 12.1. The van der Waals surface area contributed by atoms with Gasteiger partial charge in [-0.2, -0.15) is 0 Å². The predicted octanol–water partition coefficient (Wildman–Crippen LogP) is 1.45. The van der Waals surface area contributed by atoms with Crippen LogP contribution in [-0.4, -0.2) is 35.7 Å². The van der Waals surface area contributed by atoms with E-state index in [1.807, 2.05) is 13.0 Å². The van der Waals surface area contributed by atoms with Gasteiger partial charge in [-0.25, -0.2) is 0 Å². The highest BCUT2D eigenvalue weighted by Gasteiger charge is 2.27. The van der Waals surface area contributed by atoms with Gasteiger partial charge < -0.3 is 9.26 Å². The van der Waals surface area contributed by atoms with Crippen LogP contribution in [-0.2, 0) is 16.1 Å². The van der Waals surface area contributed by atoms with Crippen LogP contribution in [0.4, 0.5) is 0 Å². The summed E-state index contributed by atoms with van der Waals surface area (Å²) in [6.45, 7) is 4.76. The fraction of sp³-hybridized carbons (Fsp3) is 0.667. The maximum atomic E-state index is 11.7. The summed E-state index contributed by atoms with van der Waals surface area (Å²) in [6.07, 6.45) is 3.59. The van der Waals surface area contributed by atoms with E-state index < -0.39 is 0 Å². The third kappa shape index (κ3) is 3.30. The predicted molar refractivity (Wildman–Crippen MR) is 61.1 cm³/mol. The van der Waals surface area contributed by atoms with Crippen LogP contribution >= 0.6 is 0 Å². The van der Waals surface area contributed by atoms with Gasteiger partial charge in [0.25, 0.3) is 0 Å². The van der Waals surface area contributed by atoms with E-state index in [2.05, 4.69) is 10.1 Å². The molecule has 0 radical (unpaired) electrons. The van der Waals surface area contributed by atoms with Crippen LogP contribution in [0.15, 0.2) is 16.8 Å². The van der Waals surface area contributed by atoms with E-state index in [0.29, 0.717) is 6.61 Å². The number of ether oxygens (including phenoxy) is 1. The molecule has 0 aliphatic carbocycles. The quantitative estimate of drug-likeness (QED) is 0.743. The molecule has 1 unspecified atom stereocenters. The highest BCUT2D eigenvalue weighted by atomic mass is 16.5. The molecule has 1 aliphatic rings. The van der Waals surface area contributed by atoms with Gasteiger partial charge in [-0.1, -0.05) is 5.16 Å². The van der Waals surface area contributed by atoms with Crippen molar-refractivity contribution in [3.63, 3.8) is 0 Å². The molecule has 1 atom stereocenters. The normalized spacial score (nSPS) is 21.4. The maximum Gasteiger partial charge on any atom is 0.310 e. The summed E-state index contributed by atoms with van der Waals surface area (Å²) in [6, 6.07) is 1.86. The summed E-state index contributed by atoms with van der Waals surface area (Å²) in [5.41, 5.74) is 0. The van der Waals surface area contributed by atoms with Crippen LogP contribution in [0.2, 0.25) is 0 Å². The van der Waals surface area contributed by atoms with Crippen LogP contribution in [0, 0.1) is 5.92 Å². The number of likely N-dealkylation sites (tertiary alicyclic amines) is 1. The third-order valence-corrected chi connectivity index (χ3v) is 3.00. The number of nitrogens with zero attached hydrogens (tertiary/aromatic N) is 2. The number of aromatic nitrogens is 1. The smallest absolute Gasteiger partial charge is 0.310 e. The van der Waals surface area contributed by atoms with E-state index >= 15 is 0 Å². The van der Waals surface area contributed by atoms with Crippen molar-refractivity contribution in [2.75, 3.05) is 19.7 Å². The number of rotatable bonds is 4. The molecule has 2 heterocycles. The number of carbonyl (C=O) groups excluding carboxylic acids is 1. The van der Waals surface area contributed by atoms with Crippen LogP contribution in [0.3, 0.4) is 0 Å². The highest BCUT2D eigenvalue weighted by molar-refractivity contribution is 5.72. The summed E-state index contributed by atoms with van der Waals surface area (Å²) in [5, 5.41) is 3.68. The van der Waals surface area contributed by atoms with E-state index in [1.165, 1.54) is 0 Å². The standard InChI is InChI=1S/C12H18N2O3/c1-2-16-12(15)10-4-3-7-14(8-10)9-11-5-6-13-17-11/h5-6,10H,2-4,7-9H2,1H3. The van der Waals surface area contributed by atoms with E-state index in [9.17, 15) is 4.79 Å². The second-order valence-electron chi connectivity index (χ2n) is 4.31. The summed E-state index contributed by atoms with van der Waals surface area (Å²) < 4.78 is 10.1. The van der Waals surface area contributed by atoms with Crippen molar-refractivity contribution in [1.29, 1.82) is 0 Å². The fourth-order valence-electron chi connectivity index (χ4n) is 2.20. The number of esters is 1. The lowest BCUT2D eigenvalue weighted by molar-refractivity contribution is -0.150. The van der Waals surface area contributed by atoms with Crippen molar-refractivity contribution < 1.29 is 14.1 Å². The average molecular weight is 238 g/mol. The minimum absolute atomic E-state index is 0.00613. The van der Waals surface area contributed by atoms with E-state index in [4.69, 9.17) is 9.26 Å². The minimum Gasteiger partial charge on any atom is -0.466 e. The van der Waals surface area contributed by atoms with Crippen molar-refractivity contribution in [2.24, 2.45) is 5.92 Å². The summed E-state index contributed by atoms with van der Waals surface area (Å²) in [7, 11) is 0. The fourth-order valence-corrected chi connectivity index (χ4v) is 2.20. The Hall–Kier alpha value is -1.36. The number of piperidine rings is 1. The van der Waals surface area contributed by atoms with Crippen molar-refractivity contribution >= 4 is 5.97 Å². The van der Waals surface area contributed by atoms with Gasteiger partial charge in [-0.15, -0.1) is 0 Å². The Bertz CT molecular complexity index is 351. The monoisotopic (exact) mass is 238 g/mol. The first-order chi connectivity index (χ1) is 8.29. The number of hydrogen-bond acceptors (Lipinski definition) is 5. The van der Waals surface area contributed by atoms with Crippen LogP contribution in [0.5, 0.6) is 0 Å². The molecule has 5 heteroatoms. The molecule has 1 aromatic rings. The third-order valence-electron chi connectivity index (χ3n) is 3.00. The van der Waals surface area contributed by atoms with Crippen LogP contribution in [0.25, 0.3) is 0 Å². The summed E-state index contributed by atoms with van der Waals surface area (Å²) in [4.78, 5) is 13.9. The SMILES string of the molecule is CCOC(=O)C1CCCN(Cc2ccno2)C1. The molecular weight excluding hydrogens is 220 g/mol. The average Bonchev–Trinajstić information content (AvgIpc) is 2.82. The van der Waals surface area contributed by atoms with Crippen LogP contribution in [0.1, 0.15) is 25.5 Å². The van der Waals surface area contributed by atoms with Gasteiger partial charge in [0, 0.05) is 12.6 Å². The van der Waals surface area contributed by atoms with Crippen molar-refractivity contribution in [3.05, 3.63) is 18.0 Å². The lowest BCUT2D eigenvalue weighted by Gasteiger charge is -2.30. The largest absolute Gasteiger partial charge is 0.466 e. The first-order valence-corrected chi connectivity index (χ1v) is 6.08. The Morgan fingerprint density at radius 2 is 2.59 bits per heavy atom. The minimum atomic E-state index is -0.0743. The molecule has 5 nitrogen and oxygen atoms in total. The Labute approximate surface area is 101 Å². The van der Waals surface area contributed by atoms with Crippen molar-refractivity contribution in [3.8, 4) is 0 Å². The summed E-state index contributed by atoms with van der Waals surface area (Å²) in [5.74, 6) is 0.774. The lowest BCUT2D eigenvalue weighted by atomic mass is 9.98. The molecule has 0 saturated carbocycles. The molecule has 17 heavy (non-hydrogen) atoms. The van der Waals surface area contributed by atoms with Crippen molar-refractivity contribution in [1.82, 2.24) is 10.1 Å². The Morgan fingerprint density at radius 1 is 1.71 bits per heavy atom. The molecule has 94 valence electrons. The molecule has 0 spiro atoms. The molecular formula is C12H18N2O3. The second kappa shape index (κ2) is 5.82. The second-order valence-corrected chi connectivity index (χ2v) is 4.31. The molecule has 0 bridgehead atoms. The van der Waals surface area contributed by atoms with Gasteiger partial charge in [0.1, 0.15) is 0 Å². The van der Waals surface area contributed by atoms with Gasteiger partial charge in [0.15, 0.2) is 5.76 Å². The maximum absolute atomic E-state index is 11.7. The van der Waals surface area contributed by atoms with E-state index in [0.717, 1.165) is 38.2 Å². The topological polar surface area (TPSA) is 55.6 Å². The molecule has 1 fully saturated rings. The first-order valence-electron chi connectivity index (χ1n) is 6.08. The van der Waals surface area contributed by atoms with Crippen molar-refractivity contribution in [2.45, 2.75) is 26.3 Å². The van der Waals surface area contributed by atoms with Gasteiger partial charge in [0.05, 0.1) is 25.3 Å². The summed E-state index contributed by atoms with van der Waals surface area (Å²) >= 11 is 0.